The Kier molecular flexibility index (Phi) is 1.71. The second-order valence-corrected chi connectivity index (χ2v) is 3.42. The van der Waals surface area contributed by atoms with E-state index in [4.69, 9.17) is 0 Å². The smallest absolute Gasteiger partial charge is 0.141 e. The molecule has 2 N–H and O–H groups in total. The molecule has 68 valence electrons. The van der Waals surface area contributed by atoms with Crippen molar-refractivity contribution in [3.8, 4) is 0 Å². The Bertz CT molecular complexity index is 347. The van der Waals surface area contributed by atoms with E-state index in [-0.39, 0.29) is 6.04 Å². The van der Waals surface area contributed by atoms with E-state index in [9.17, 15) is 9.90 Å². The summed E-state index contributed by atoms with van der Waals surface area (Å²) in [5.74, 6) is 0. The summed E-state index contributed by atoms with van der Waals surface area (Å²) in [4.78, 5) is 10.7. The second-order valence-electron chi connectivity index (χ2n) is 3.42. The summed E-state index contributed by atoms with van der Waals surface area (Å²) in [7, 11) is 0. The SMILES string of the molecule is CC1(O)NC(C=O)c2ccccc21. The zero-order chi connectivity index (χ0) is 9.47. The lowest BCUT2D eigenvalue weighted by Crippen LogP contribution is -2.34. The monoisotopic (exact) mass is 177 g/mol. The molecule has 2 atom stereocenters. The minimum atomic E-state index is -1.08. The maximum Gasteiger partial charge on any atom is 0.141 e. The third-order valence-corrected chi connectivity index (χ3v) is 2.39. The Morgan fingerprint density at radius 2 is 2.23 bits per heavy atom. The first-order valence-electron chi connectivity index (χ1n) is 4.20. The highest BCUT2D eigenvalue weighted by Gasteiger charge is 2.37. The molecule has 3 nitrogen and oxygen atoms in total. The fraction of sp³-hybridized carbons (Fsp3) is 0.300. The zero-order valence-electron chi connectivity index (χ0n) is 7.32. The summed E-state index contributed by atoms with van der Waals surface area (Å²) in [6, 6.07) is 7.00. The van der Waals surface area contributed by atoms with E-state index in [0.717, 1.165) is 17.4 Å². The average molecular weight is 177 g/mol. The van der Waals surface area contributed by atoms with Crippen molar-refractivity contribution in [2.24, 2.45) is 0 Å². The van der Waals surface area contributed by atoms with E-state index in [0.29, 0.717) is 0 Å². The molecule has 0 radical (unpaired) electrons. The quantitative estimate of drug-likeness (QED) is 0.621. The van der Waals surface area contributed by atoms with E-state index in [1.807, 2.05) is 24.3 Å². The van der Waals surface area contributed by atoms with Crippen LogP contribution in [-0.4, -0.2) is 11.4 Å². The molecule has 0 saturated carbocycles. The summed E-state index contributed by atoms with van der Waals surface area (Å²) < 4.78 is 0. The zero-order valence-corrected chi connectivity index (χ0v) is 7.32. The number of fused-ring (bicyclic) bond motifs is 1. The summed E-state index contributed by atoms with van der Waals surface area (Å²) in [6.45, 7) is 1.65. The van der Waals surface area contributed by atoms with Crippen LogP contribution >= 0.6 is 0 Å². The van der Waals surface area contributed by atoms with Gasteiger partial charge in [-0.15, -0.1) is 0 Å². The van der Waals surface area contributed by atoms with Gasteiger partial charge in [-0.2, -0.15) is 0 Å². The van der Waals surface area contributed by atoms with Gasteiger partial charge in [-0.25, -0.2) is 0 Å². The van der Waals surface area contributed by atoms with E-state index in [1.54, 1.807) is 6.92 Å². The summed E-state index contributed by atoms with van der Waals surface area (Å²) in [5, 5.41) is 12.7. The summed E-state index contributed by atoms with van der Waals surface area (Å²) >= 11 is 0. The van der Waals surface area contributed by atoms with Crippen LogP contribution in [0.2, 0.25) is 0 Å². The highest BCUT2D eigenvalue weighted by atomic mass is 16.3. The van der Waals surface area contributed by atoms with E-state index in [2.05, 4.69) is 5.32 Å². The van der Waals surface area contributed by atoms with Crippen LogP contribution in [0.3, 0.4) is 0 Å². The Hall–Kier alpha value is -1.19. The number of carbonyl (C=O) groups excluding carboxylic acids is 1. The minimum Gasteiger partial charge on any atom is -0.372 e. The van der Waals surface area contributed by atoms with Crippen molar-refractivity contribution in [3.05, 3.63) is 35.4 Å². The summed E-state index contributed by atoms with van der Waals surface area (Å²) in [6.07, 6.45) is 0.806. The number of hydrogen-bond donors (Lipinski definition) is 2. The molecule has 1 aromatic rings. The lowest BCUT2D eigenvalue weighted by atomic mass is 10.0. The predicted octanol–water partition coefficient (Wildman–Crippen LogP) is 0.695. The highest BCUT2D eigenvalue weighted by Crippen LogP contribution is 2.33. The molecular formula is C10H11NO2. The van der Waals surface area contributed by atoms with Gasteiger partial charge in [0.25, 0.3) is 0 Å². The first kappa shape index (κ1) is 8.41. The van der Waals surface area contributed by atoms with Gasteiger partial charge in [-0.3, -0.25) is 5.32 Å². The van der Waals surface area contributed by atoms with Gasteiger partial charge in [0, 0.05) is 5.56 Å². The van der Waals surface area contributed by atoms with Crippen LogP contribution in [0.5, 0.6) is 0 Å². The van der Waals surface area contributed by atoms with Gasteiger partial charge < -0.3 is 9.90 Å². The first-order chi connectivity index (χ1) is 6.15. The molecule has 0 bridgehead atoms. The first-order valence-corrected chi connectivity index (χ1v) is 4.20. The number of nitrogens with one attached hydrogen (secondary N) is 1. The molecule has 0 fully saturated rings. The predicted molar refractivity (Wildman–Crippen MR) is 48.0 cm³/mol. The van der Waals surface area contributed by atoms with Gasteiger partial charge in [0.2, 0.25) is 0 Å². The molecule has 1 aliphatic heterocycles. The molecular weight excluding hydrogens is 166 g/mol. The van der Waals surface area contributed by atoms with Crippen molar-refractivity contribution in [2.75, 3.05) is 0 Å². The lowest BCUT2D eigenvalue weighted by Gasteiger charge is -2.18. The fourth-order valence-corrected chi connectivity index (χ4v) is 1.78. The molecule has 1 heterocycles. The molecule has 0 saturated heterocycles. The van der Waals surface area contributed by atoms with Gasteiger partial charge in [-0.1, -0.05) is 24.3 Å². The molecule has 1 aromatic carbocycles. The number of aliphatic hydroxyl groups is 1. The Morgan fingerprint density at radius 1 is 1.54 bits per heavy atom. The van der Waals surface area contributed by atoms with Crippen molar-refractivity contribution in [1.82, 2.24) is 5.32 Å². The van der Waals surface area contributed by atoms with Crippen LogP contribution in [0.1, 0.15) is 24.1 Å². The molecule has 13 heavy (non-hydrogen) atoms. The maximum absolute atomic E-state index is 10.7. The number of benzene rings is 1. The Balaban J connectivity index is 2.56. The highest BCUT2D eigenvalue weighted by molar-refractivity contribution is 5.65. The largest absolute Gasteiger partial charge is 0.372 e. The standard InChI is InChI=1S/C10H11NO2/c1-10(13)8-5-3-2-4-7(8)9(6-12)11-10/h2-6,9,11,13H,1H3. The van der Waals surface area contributed by atoms with Crippen LogP contribution in [-0.2, 0) is 10.5 Å². The second kappa shape index (κ2) is 2.65. The van der Waals surface area contributed by atoms with Gasteiger partial charge >= 0.3 is 0 Å². The minimum absolute atomic E-state index is 0.383. The van der Waals surface area contributed by atoms with Crippen molar-refractivity contribution >= 4 is 6.29 Å². The van der Waals surface area contributed by atoms with Gasteiger partial charge in [0.1, 0.15) is 12.0 Å². The van der Waals surface area contributed by atoms with E-state index in [1.165, 1.54) is 0 Å². The maximum atomic E-state index is 10.7. The van der Waals surface area contributed by atoms with Gasteiger partial charge in [-0.05, 0) is 12.5 Å². The molecule has 2 unspecified atom stereocenters. The van der Waals surface area contributed by atoms with Gasteiger partial charge in [0.05, 0.1) is 6.04 Å². The third-order valence-electron chi connectivity index (χ3n) is 2.39. The molecule has 0 aliphatic carbocycles. The lowest BCUT2D eigenvalue weighted by molar-refractivity contribution is -0.111. The van der Waals surface area contributed by atoms with Crippen molar-refractivity contribution in [3.63, 3.8) is 0 Å². The van der Waals surface area contributed by atoms with Crippen LogP contribution < -0.4 is 5.32 Å². The average Bonchev–Trinajstić information content (AvgIpc) is 2.39. The molecule has 0 spiro atoms. The van der Waals surface area contributed by atoms with Crippen molar-refractivity contribution in [2.45, 2.75) is 18.7 Å². The molecule has 3 heteroatoms. The number of rotatable bonds is 1. The third kappa shape index (κ3) is 1.17. The summed E-state index contributed by atoms with van der Waals surface area (Å²) in [5.41, 5.74) is 0.567. The number of hydrogen-bond acceptors (Lipinski definition) is 3. The van der Waals surface area contributed by atoms with Gasteiger partial charge in [0.15, 0.2) is 0 Å². The number of aldehydes is 1. The van der Waals surface area contributed by atoms with Crippen LogP contribution in [0.25, 0.3) is 0 Å². The van der Waals surface area contributed by atoms with Crippen LogP contribution in [0, 0.1) is 0 Å². The van der Waals surface area contributed by atoms with E-state index >= 15 is 0 Å². The van der Waals surface area contributed by atoms with Crippen LogP contribution in [0.15, 0.2) is 24.3 Å². The Morgan fingerprint density at radius 3 is 2.92 bits per heavy atom. The Labute approximate surface area is 76.4 Å². The van der Waals surface area contributed by atoms with Crippen LogP contribution in [0.4, 0.5) is 0 Å². The number of carbonyl (C=O) groups is 1. The molecule has 0 amide bonds. The fourth-order valence-electron chi connectivity index (χ4n) is 1.78. The van der Waals surface area contributed by atoms with Crippen molar-refractivity contribution in [1.29, 1.82) is 0 Å². The van der Waals surface area contributed by atoms with Crippen molar-refractivity contribution < 1.29 is 9.90 Å². The molecule has 0 aromatic heterocycles. The topological polar surface area (TPSA) is 49.3 Å². The normalized spacial score (nSPS) is 31.4. The van der Waals surface area contributed by atoms with E-state index < -0.39 is 5.72 Å². The molecule has 2 rings (SSSR count). The molecule has 1 aliphatic rings.